The molecule has 0 saturated heterocycles. The fourth-order valence-electron chi connectivity index (χ4n) is 0.861. The standard InChI is InChI=1S/C8H8BFO2/c1-6(9(11)12)7-4-2-3-5-8(7)10/h2-5,11-12H,1H2. The summed E-state index contributed by atoms with van der Waals surface area (Å²) in [5.41, 5.74) is 0.0978. The Morgan fingerprint density at radius 3 is 2.42 bits per heavy atom. The van der Waals surface area contributed by atoms with Crippen molar-refractivity contribution in [3.63, 3.8) is 0 Å². The first kappa shape index (κ1) is 8.97. The minimum atomic E-state index is -1.71. The van der Waals surface area contributed by atoms with Gasteiger partial charge in [0.2, 0.25) is 0 Å². The Labute approximate surface area is 70.1 Å². The van der Waals surface area contributed by atoms with Crippen LogP contribution in [-0.2, 0) is 0 Å². The molecular weight excluding hydrogens is 158 g/mol. The average molecular weight is 166 g/mol. The van der Waals surface area contributed by atoms with Crippen molar-refractivity contribution < 1.29 is 14.4 Å². The number of halogens is 1. The zero-order chi connectivity index (χ0) is 9.14. The second-order valence-corrected chi connectivity index (χ2v) is 2.38. The quantitative estimate of drug-likeness (QED) is 0.639. The van der Waals surface area contributed by atoms with Crippen LogP contribution in [0.25, 0.3) is 5.47 Å². The normalized spacial score (nSPS) is 9.58. The number of hydrogen-bond acceptors (Lipinski definition) is 2. The second kappa shape index (κ2) is 3.52. The molecule has 0 radical (unpaired) electrons. The number of benzene rings is 1. The number of hydrogen-bond donors (Lipinski definition) is 2. The summed E-state index contributed by atoms with van der Waals surface area (Å²) in [5.74, 6) is -0.504. The van der Waals surface area contributed by atoms with Gasteiger partial charge in [-0.3, -0.25) is 0 Å². The molecule has 0 amide bonds. The molecule has 0 bridgehead atoms. The first-order chi connectivity index (χ1) is 5.63. The van der Waals surface area contributed by atoms with E-state index in [9.17, 15) is 4.39 Å². The minimum Gasteiger partial charge on any atom is -0.423 e. The van der Waals surface area contributed by atoms with E-state index in [2.05, 4.69) is 6.58 Å². The molecule has 0 aromatic heterocycles. The van der Waals surface area contributed by atoms with Crippen molar-refractivity contribution >= 4 is 12.6 Å². The summed E-state index contributed by atoms with van der Waals surface area (Å²) in [6.45, 7) is 3.35. The van der Waals surface area contributed by atoms with E-state index in [1.54, 1.807) is 6.07 Å². The summed E-state index contributed by atoms with van der Waals surface area (Å²) in [6.07, 6.45) is 0. The molecule has 0 aliphatic carbocycles. The van der Waals surface area contributed by atoms with Gasteiger partial charge in [0, 0.05) is 5.56 Å². The van der Waals surface area contributed by atoms with E-state index in [1.165, 1.54) is 18.2 Å². The third-order valence-corrected chi connectivity index (χ3v) is 1.53. The molecular formula is C8H8BFO2. The van der Waals surface area contributed by atoms with E-state index in [4.69, 9.17) is 10.0 Å². The van der Waals surface area contributed by atoms with E-state index in [1.807, 2.05) is 0 Å². The highest BCUT2D eigenvalue weighted by atomic mass is 19.1. The third-order valence-electron chi connectivity index (χ3n) is 1.53. The fourth-order valence-corrected chi connectivity index (χ4v) is 0.861. The molecule has 12 heavy (non-hydrogen) atoms. The van der Waals surface area contributed by atoms with Crippen molar-refractivity contribution in [3.8, 4) is 0 Å². The van der Waals surface area contributed by atoms with Crippen molar-refractivity contribution in [2.45, 2.75) is 0 Å². The van der Waals surface area contributed by atoms with Crippen LogP contribution >= 0.6 is 0 Å². The molecule has 1 aromatic carbocycles. The minimum absolute atomic E-state index is 0.0342. The van der Waals surface area contributed by atoms with E-state index in [0.717, 1.165) is 0 Å². The maximum atomic E-state index is 12.9. The molecule has 0 fully saturated rings. The largest absolute Gasteiger partial charge is 0.488 e. The molecule has 1 aromatic rings. The average Bonchev–Trinajstić information content (AvgIpc) is 2.04. The SMILES string of the molecule is C=C(B(O)O)c1ccccc1F. The Morgan fingerprint density at radius 1 is 1.33 bits per heavy atom. The molecule has 0 saturated carbocycles. The van der Waals surface area contributed by atoms with Gasteiger partial charge in [0.05, 0.1) is 0 Å². The highest BCUT2D eigenvalue weighted by molar-refractivity contribution is 6.65. The van der Waals surface area contributed by atoms with Crippen LogP contribution in [0.2, 0.25) is 0 Å². The zero-order valence-electron chi connectivity index (χ0n) is 6.37. The van der Waals surface area contributed by atoms with E-state index in [0.29, 0.717) is 0 Å². The molecule has 2 nitrogen and oxygen atoms in total. The predicted molar refractivity (Wildman–Crippen MR) is 45.6 cm³/mol. The summed E-state index contributed by atoms with van der Waals surface area (Å²) in [7, 11) is -1.71. The Bertz CT molecular complexity index is 299. The van der Waals surface area contributed by atoms with Crippen LogP contribution in [0, 0.1) is 5.82 Å². The Morgan fingerprint density at radius 2 is 1.92 bits per heavy atom. The van der Waals surface area contributed by atoms with Gasteiger partial charge in [-0.15, -0.1) is 0 Å². The van der Waals surface area contributed by atoms with Crippen LogP contribution in [0.15, 0.2) is 30.8 Å². The molecule has 62 valence electrons. The lowest BCUT2D eigenvalue weighted by Gasteiger charge is -2.04. The summed E-state index contributed by atoms with van der Waals surface area (Å²) < 4.78 is 12.9. The van der Waals surface area contributed by atoms with E-state index >= 15 is 0 Å². The monoisotopic (exact) mass is 166 g/mol. The van der Waals surface area contributed by atoms with Crippen molar-refractivity contribution in [1.29, 1.82) is 0 Å². The van der Waals surface area contributed by atoms with Crippen LogP contribution in [-0.4, -0.2) is 17.2 Å². The number of rotatable bonds is 2. The summed E-state index contributed by atoms with van der Waals surface area (Å²) in [6, 6.07) is 5.81. The molecule has 0 aliphatic rings. The van der Waals surface area contributed by atoms with Gasteiger partial charge in [0.25, 0.3) is 0 Å². The molecule has 0 unspecified atom stereocenters. The lowest BCUT2D eigenvalue weighted by Crippen LogP contribution is -2.14. The lowest BCUT2D eigenvalue weighted by atomic mass is 9.76. The molecule has 0 atom stereocenters. The van der Waals surface area contributed by atoms with Crippen LogP contribution < -0.4 is 0 Å². The van der Waals surface area contributed by atoms with Crippen molar-refractivity contribution in [1.82, 2.24) is 0 Å². The molecule has 0 aliphatic heterocycles. The van der Waals surface area contributed by atoms with Gasteiger partial charge in [-0.1, -0.05) is 24.8 Å². The van der Waals surface area contributed by atoms with Crippen LogP contribution in [0.1, 0.15) is 5.56 Å². The predicted octanol–water partition coefficient (Wildman–Crippen LogP) is 0.851. The van der Waals surface area contributed by atoms with Gasteiger partial charge >= 0.3 is 7.12 Å². The molecule has 0 spiro atoms. The Kier molecular flexibility index (Phi) is 2.63. The van der Waals surface area contributed by atoms with Gasteiger partial charge in [0.1, 0.15) is 5.82 Å². The van der Waals surface area contributed by atoms with Crippen LogP contribution in [0.3, 0.4) is 0 Å². The van der Waals surface area contributed by atoms with E-state index < -0.39 is 12.9 Å². The highest BCUT2D eigenvalue weighted by Crippen LogP contribution is 2.16. The zero-order valence-corrected chi connectivity index (χ0v) is 6.37. The summed E-state index contributed by atoms with van der Waals surface area (Å²) in [5, 5.41) is 17.4. The van der Waals surface area contributed by atoms with Crippen LogP contribution in [0.4, 0.5) is 4.39 Å². The third kappa shape index (κ3) is 1.72. The van der Waals surface area contributed by atoms with Crippen LogP contribution in [0.5, 0.6) is 0 Å². The fraction of sp³-hybridized carbons (Fsp3) is 0. The molecule has 1 rings (SSSR count). The van der Waals surface area contributed by atoms with Gasteiger partial charge in [-0.25, -0.2) is 4.39 Å². The molecule has 0 heterocycles. The van der Waals surface area contributed by atoms with Gasteiger partial charge < -0.3 is 10.0 Å². The van der Waals surface area contributed by atoms with E-state index in [-0.39, 0.29) is 11.0 Å². The Balaban J connectivity index is 3.03. The first-order valence-electron chi connectivity index (χ1n) is 3.42. The molecule has 4 heteroatoms. The first-order valence-corrected chi connectivity index (χ1v) is 3.42. The van der Waals surface area contributed by atoms with Gasteiger partial charge in [0.15, 0.2) is 0 Å². The topological polar surface area (TPSA) is 40.5 Å². The maximum Gasteiger partial charge on any atom is 0.488 e. The molecule has 2 N–H and O–H groups in total. The summed E-state index contributed by atoms with van der Waals surface area (Å²) in [4.78, 5) is 0. The summed E-state index contributed by atoms with van der Waals surface area (Å²) >= 11 is 0. The second-order valence-electron chi connectivity index (χ2n) is 2.38. The van der Waals surface area contributed by atoms with Gasteiger partial charge in [-0.2, -0.15) is 0 Å². The smallest absolute Gasteiger partial charge is 0.423 e. The maximum absolute atomic E-state index is 12.9. The van der Waals surface area contributed by atoms with Gasteiger partial charge in [-0.05, 0) is 11.5 Å². The van der Waals surface area contributed by atoms with Crippen molar-refractivity contribution in [2.75, 3.05) is 0 Å². The Hall–Kier alpha value is -1.13. The lowest BCUT2D eigenvalue weighted by molar-refractivity contribution is 0.427. The van der Waals surface area contributed by atoms with Crippen molar-refractivity contribution in [2.24, 2.45) is 0 Å². The van der Waals surface area contributed by atoms with Crippen molar-refractivity contribution in [3.05, 3.63) is 42.2 Å². The highest BCUT2D eigenvalue weighted by Gasteiger charge is 2.16.